The van der Waals surface area contributed by atoms with Crippen LogP contribution >= 0.6 is 27.3 Å². The fourth-order valence-electron chi connectivity index (χ4n) is 2.04. The van der Waals surface area contributed by atoms with E-state index in [1.807, 2.05) is 6.07 Å². The number of rotatable bonds is 2. The molecule has 1 nitrogen and oxygen atoms in total. The molecular weight excluding hydrogens is 365 g/mol. The van der Waals surface area contributed by atoms with Crippen LogP contribution in [0.25, 0.3) is 10.1 Å². The van der Waals surface area contributed by atoms with Gasteiger partial charge in [-0.05, 0) is 34.1 Å². The highest BCUT2D eigenvalue weighted by atomic mass is 79.9. The molecule has 0 saturated heterocycles. The lowest BCUT2D eigenvalue weighted by Crippen LogP contribution is -2.06. The Bertz CT molecular complexity index is 873. The van der Waals surface area contributed by atoms with Gasteiger partial charge in [0.15, 0.2) is 23.2 Å². The highest BCUT2D eigenvalue weighted by Crippen LogP contribution is 2.33. The molecule has 0 N–H and O–H groups in total. The molecule has 0 aliphatic rings. The zero-order chi connectivity index (χ0) is 15.1. The molecule has 0 saturated carbocycles. The number of carbonyl (C=O) groups is 1. The van der Waals surface area contributed by atoms with E-state index in [1.54, 1.807) is 17.5 Å². The van der Waals surface area contributed by atoms with E-state index in [0.717, 1.165) is 21.3 Å². The van der Waals surface area contributed by atoms with Gasteiger partial charge in [-0.15, -0.1) is 11.3 Å². The Kier molecular flexibility index (Phi) is 3.59. The first-order valence-electron chi connectivity index (χ1n) is 5.84. The number of halogens is 4. The van der Waals surface area contributed by atoms with Crippen LogP contribution in [0, 0.1) is 17.5 Å². The van der Waals surface area contributed by atoms with Crippen LogP contribution in [-0.4, -0.2) is 5.78 Å². The van der Waals surface area contributed by atoms with E-state index in [9.17, 15) is 18.0 Å². The highest BCUT2D eigenvalue weighted by molar-refractivity contribution is 9.10. The fraction of sp³-hybridized carbons (Fsp3) is 0. The molecule has 3 rings (SSSR count). The van der Waals surface area contributed by atoms with E-state index < -0.39 is 28.8 Å². The smallest absolute Gasteiger partial charge is 0.197 e. The molecule has 0 aliphatic heterocycles. The molecule has 0 radical (unpaired) electrons. The molecule has 1 heterocycles. The molecule has 3 aromatic rings. The lowest BCUT2D eigenvalue weighted by Gasteiger charge is -2.03. The van der Waals surface area contributed by atoms with E-state index in [1.165, 1.54) is 11.3 Å². The monoisotopic (exact) mass is 370 g/mol. The Morgan fingerprint density at radius 3 is 2.52 bits per heavy atom. The largest absolute Gasteiger partial charge is 0.288 e. The molecule has 0 amide bonds. The summed E-state index contributed by atoms with van der Waals surface area (Å²) in [6, 6.07) is 7.00. The van der Waals surface area contributed by atoms with Crippen molar-refractivity contribution in [1.29, 1.82) is 0 Å². The van der Waals surface area contributed by atoms with Gasteiger partial charge in [0.2, 0.25) is 0 Å². The van der Waals surface area contributed by atoms with E-state index in [-0.39, 0.29) is 5.56 Å². The second-order valence-corrected chi connectivity index (χ2v) is 6.05. The summed E-state index contributed by atoms with van der Waals surface area (Å²) >= 11 is 4.69. The maximum absolute atomic E-state index is 13.7. The fourth-order valence-corrected chi connectivity index (χ4v) is 3.65. The molecule has 0 aliphatic carbocycles. The third-order valence-electron chi connectivity index (χ3n) is 3.08. The topological polar surface area (TPSA) is 17.1 Å². The van der Waals surface area contributed by atoms with Crippen molar-refractivity contribution < 1.29 is 18.0 Å². The van der Waals surface area contributed by atoms with Gasteiger partial charge in [0.1, 0.15) is 0 Å². The van der Waals surface area contributed by atoms with Crippen LogP contribution in [0.1, 0.15) is 15.9 Å². The van der Waals surface area contributed by atoms with Crippen molar-refractivity contribution in [3.8, 4) is 0 Å². The van der Waals surface area contributed by atoms with Gasteiger partial charge in [-0.3, -0.25) is 4.79 Å². The molecule has 2 aromatic carbocycles. The van der Waals surface area contributed by atoms with E-state index >= 15 is 0 Å². The predicted octanol–water partition coefficient (Wildman–Crippen LogP) is 5.31. The van der Waals surface area contributed by atoms with E-state index in [0.29, 0.717) is 5.39 Å². The molecule has 106 valence electrons. The molecule has 6 heteroatoms. The zero-order valence-electron chi connectivity index (χ0n) is 10.3. The molecule has 1 aromatic heterocycles. The average molecular weight is 371 g/mol. The van der Waals surface area contributed by atoms with Crippen LogP contribution in [0.2, 0.25) is 0 Å². The zero-order valence-corrected chi connectivity index (χ0v) is 12.7. The molecular formula is C15H6BrF3OS. The lowest BCUT2D eigenvalue weighted by atomic mass is 10.0. The molecule has 0 unspecified atom stereocenters. The first kappa shape index (κ1) is 14.3. The number of ketones is 1. The van der Waals surface area contributed by atoms with Gasteiger partial charge in [-0.1, -0.05) is 12.1 Å². The van der Waals surface area contributed by atoms with Crippen molar-refractivity contribution in [2.45, 2.75) is 0 Å². The summed E-state index contributed by atoms with van der Waals surface area (Å²) in [6.45, 7) is 0. The van der Waals surface area contributed by atoms with Crippen LogP contribution in [0.15, 0.2) is 40.2 Å². The minimum absolute atomic E-state index is 0.265. The van der Waals surface area contributed by atoms with Crippen LogP contribution in [0.4, 0.5) is 13.2 Å². The second-order valence-electron chi connectivity index (χ2n) is 4.32. The van der Waals surface area contributed by atoms with Gasteiger partial charge in [-0.25, -0.2) is 13.2 Å². The van der Waals surface area contributed by atoms with Crippen LogP contribution < -0.4 is 0 Å². The molecule has 0 bridgehead atoms. The minimum atomic E-state index is -1.64. The Morgan fingerprint density at radius 1 is 1.00 bits per heavy atom. The van der Waals surface area contributed by atoms with E-state index in [4.69, 9.17) is 0 Å². The number of hydrogen-bond donors (Lipinski definition) is 0. The summed E-state index contributed by atoms with van der Waals surface area (Å²) in [6.07, 6.45) is 0. The van der Waals surface area contributed by atoms with Crippen molar-refractivity contribution in [2.75, 3.05) is 0 Å². The quantitative estimate of drug-likeness (QED) is 0.441. The molecule has 0 spiro atoms. The summed E-state index contributed by atoms with van der Waals surface area (Å²) in [4.78, 5) is 12.4. The summed E-state index contributed by atoms with van der Waals surface area (Å²) in [7, 11) is 0. The number of fused-ring (bicyclic) bond motifs is 1. The van der Waals surface area contributed by atoms with Crippen LogP contribution in [0.3, 0.4) is 0 Å². The van der Waals surface area contributed by atoms with Gasteiger partial charge in [-0.2, -0.15) is 0 Å². The Hall–Kier alpha value is -1.66. The predicted molar refractivity (Wildman–Crippen MR) is 79.3 cm³/mol. The van der Waals surface area contributed by atoms with E-state index in [2.05, 4.69) is 15.9 Å². The first-order chi connectivity index (χ1) is 10.0. The summed E-state index contributed by atoms with van der Waals surface area (Å²) in [5.74, 6) is -5.09. The lowest BCUT2D eigenvalue weighted by molar-refractivity contribution is 0.103. The normalized spacial score (nSPS) is 11.0. The second kappa shape index (κ2) is 5.27. The van der Waals surface area contributed by atoms with Crippen molar-refractivity contribution in [2.24, 2.45) is 0 Å². The third kappa shape index (κ3) is 2.28. The van der Waals surface area contributed by atoms with Crippen molar-refractivity contribution in [1.82, 2.24) is 0 Å². The maximum atomic E-state index is 13.7. The Balaban J connectivity index is 2.18. The van der Waals surface area contributed by atoms with Crippen LogP contribution in [0.5, 0.6) is 0 Å². The summed E-state index contributed by atoms with van der Waals surface area (Å²) in [5, 5.41) is 2.22. The molecule has 0 fully saturated rings. The van der Waals surface area contributed by atoms with Crippen molar-refractivity contribution in [3.05, 3.63) is 68.8 Å². The van der Waals surface area contributed by atoms with Crippen LogP contribution in [-0.2, 0) is 0 Å². The summed E-state index contributed by atoms with van der Waals surface area (Å²) < 4.78 is 41.6. The summed E-state index contributed by atoms with van der Waals surface area (Å²) in [5.41, 5.74) is -0.213. The van der Waals surface area contributed by atoms with Crippen molar-refractivity contribution in [3.63, 3.8) is 0 Å². The van der Waals surface area contributed by atoms with Gasteiger partial charge < -0.3 is 0 Å². The standard InChI is InChI=1S/C15H6BrF3OS/c16-10-3-1-2-7-9(6-21-15(7)10)14(20)8-4-5-11(17)13(19)12(8)18/h1-6H. The van der Waals surface area contributed by atoms with Crippen molar-refractivity contribution >= 4 is 43.1 Å². The first-order valence-corrected chi connectivity index (χ1v) is 7.52. The maximum Gasteiger partial charge on any atom is 0.197 e. The van der Waals surface area contributed by atoms with Gasteiger partial charge >= 0.3 is 0 Å². The minimum Gasteiger partial charge on any atom is -0.288 e. The van der Waals surface area contributed by atoms with Gasteiger partial charge in [0.25, 0.3) is 0 Å². The highest BCUT2D eigenvalue weighted by Gasteiger charge is 2.22. The third-order valence-corrected chi connectivity index (χ3v) is 5.03. The molecule has 21 heavy (non-hydrogen) atoms. The van der Waals surface area contributed by atoms with Gasteiger partial charge in [0, 0.05) is 25.5 Å². The number of carbonyl (C=O) groups excluding carboxylic acids is 1. The Labute approximate surface area is 130 Å². The number of hydrogen-bond acceptors (Lipinski definition) is 2. The number of thiophene rings is 1. The Morgan fingerprint density at radius 2 is 1.76 bits per heavy atom. The van der Waals surface area contributed by atoms with Gasteiger partial charge in [0.05, 0.1) is 5.56 Å². The SMILES string of the molecule is O=C(c1ccc(F)c(F)c1F)c1csc2c(Br)cccc12. The average Bonchev–Trinajstić information content (AvgIpc) is 2.90. The number of benzene rings is 2. The molecule has 0 atom stereocenters.